The van der Waals surface area contributed by atoms with Gasteiger partial charge in [-0.05, 0) is 30.5 Å². The van der Waals surface area contributed by atoms with Crippen LogP contribution in [0.4, 0.5) is 10.2 Å². The standard InChI is InChI=1S/C15H18FN3/c1-9(2)14-10(3)18-13(19-15(14)17)8-11-4-6-12(16)7-5-11/h4-7,9H,8H2,1-3H3,(H2,17,18,19). The predicted octanol–water partition coefficient (Wildman–Crippen LogP) is 3.22. The van der Waals surface area contributed by atoms with Crippen molar-refractivity contribution in [3.8, 4) is 0 Å². The molecule has 0 unspecified atom stereocenters. The Morgan fingerprint density at radius 1 is 1.16 bits per heavy atom. The maximum atomic E-state index is 12.8. The molecule has 2 N–H and O–H groups in total. The van der Waals surface area contributed by atoms with Crippen LogP contribution in [0, 0.1) is 12.7 Å². The molecule has 0 spiro atoms. The number of aromatic nitrogens is 2. The molecule has 4 heteroatoms. The number of nitrogens with two attached hydrogens (primary N) is 1. The van der Waals surface area contributed by atoms with Crippen molar-refractivity contribution in [2.45, 2.75) is 33.1 Å². The number of aryl methyl sites for hydroxylation is 1. The van der Waals surface area contributed by atoms with Crippen LogP contribution in [0.3, 0.4) is 0 Å². The highest BCUT2D eigenvalue weighted by Crippen LogP contribution is 2.23. The number of halogens is 1. The first kappa shape index (κ1) is 13.5. The fraction of sp³-hybridized carbons (Fsp3) is 0.333. The van der Waals surface area contributed by atoms with E-state index < -0.39 is 0 Å². The fourth-order valence-electron chi connectivity index (χ4n) is 2.24. The van der Waals surface area contributed by atoms with Gasteiger partial charge < -0.3 is 5.73 Å². The maximum absolute atomic E-state index is 12.8. The lowest BCUT2D eigenvalue weighted by Gasteiger charge is -2.13. The largest absolute Gasteiger partial charge is 0.383 e. The molecule has 0 aliphatic heterocycles. The highest BCUT2D eigenvalue weighted by molar-refractivity contribution is 5.44. The van der Waals surface area contributed by atoms with Crippen molar-refractivity contribution in [3.05, 3.63) is 52.7 Å². The van der Waals surface area contributed by atoms with Gasteiger partial charge in [-0.15, -0.1) is 0 Å². The molecule has 2 aromatic rings. The van der Waals surface area contributed by atoms with Crippen molar-refractivity contribution >= 4 is 5.82 Å². The first-order valence-corrected chi connectivity index (χ1v) is 6.34. The summed E-state index contributed by atoms with van der Waals surface area (Å²) >= 11 is 0. The van der Waals surface area contributed by atoms with E-state index in [9.17, 15) is 4.39 Å². The van der Waals surface area contributed by atoms with Crippen LogP contribution in [-0.4, -0.2) is 9.97 Å². The third-order valence-electron chi connectivity index (χ3n) is 3.06. The molecule has 0 bridgehead atoms. The molecule has 0 radical (unpaired) electrons. The highest BCUT2D eigenvalue weighted by Gasteiger charge is 2.12. The molecular weight excluding hydrogens is 241 g/mol. The van der Waals surface area contributed by atoms with E-state index in [4.69, 9.17) is 5.73 Å². The summed E-state index contributed by atoms with van der Waals surface area (Å²) in [5.74, 6) is 1.28. The van der Waals surface area contributed by atoms with Crippen LogP contribution in [0.2, 0.25) is 0 Å². The SMILES string of the molecule is Cc1nc(Cc2ccc(F)cc2)nc(N)c1C(C)C. The number of benzene rings is 1. The van der Waals surface area contributed by atoms with Gasteiger partial charge in [-0.2, -0.15) is 0 Å². The first-order valence-electron chi connectivity index (χ1n) is 6.34. The summed E-state index contributed by atoms with van der Waals surface area (Å²) in [6, 6.07) is 6.35. The van der Waals surface area contributed by atoms with E-state index in [0.29, 0.717) is 24.0 Å². The lowest BCUT2D eigenvalue weighted by Crippen LogP contribution is -2.09. The van der Waals surface area contributed by atoms with Gasteiger partial charge in [-0.1, -0.05) is 26.0 Å². The number of nitrogens with zero attached hydrogens (tertiary/aromatic N) is 2. The molecule has 3 nitrogen and oxygen atoms in total. The van der Waals surface area contributed by atoms with Gasteiger partial charge in [-0.3, -0.25) is 0 Å². The van der Waals surface area contributed by atoms with Crippen molar-refractivity contribution in [3.63, 3.8) is 0 Å². The van der Waals surface area contributed by atoms with Gasteiger partial charge in [0, 0.05) is 17.7 Å². The summed E-state index contributed by atoms with van der Waals surface area (Å²) in [6.07, 6.45) is 0.559. The zero-order valence-corrected chi connectivity index (χ0v) is 11.4. The van der Waals surface area contributed by atoms with E-state index in [1.54, 1.807) is 12.1 Å². The molecule has 100 valence electrons. The van der Waals surface area contributed by atoms with Gasteiger partial charge in [0.2, 0.25) is 0 Å². The molecule has 0 saturated carbocycles. The molecule has 1 heterocycles. The average Bonchev–Trinajstić information content (AvgIpc) is 2.30. The number of hydrogen-bond donors (Lipinski definition) is 1. The van der Waals surface area contributed by atoms with Crippen molar-refractivity contribution < 1.29 is 4.39 Å². The van der Waals surface area contributed by atoms with Crippen molar-refractivity contribution in [1.82, 2.24) is 9.97 Å². The molecule has 1 aromatic heterocycles. The van der Waals surface area contributed by atoms with Crippen molar-refractivity contribution in [1.29, 1.82) is 0 Å². The van der Waals surface area contributed by atoms with Crippen LogP contribution in [0.5, 0.6) is 0 Å². The molecule has 0 saturated heterocycles. The van der Waals surface area contributed by atoms with E-state index in [2.05, 4.69) is 23.8 Å². The van der Waals surface area contributed by atoms with Crippen molar-refractivity contribution in [2.24, 2.45) is 0 Å². The minimum absolute atomic E-state index is 0.240. The highest BCUT2D eigenvalue weighted by atomic mass is 19.1. The van der Waals surface area contributed by atoms with Crippen LogP contribution in [0.25, 0.3) is 0 Å². The van der Waals surface area contributed by atoms with Gasteiger partial charge in [0.1, 0.15) is 17.5 Å². The average molecular weight is 259 g/mol. The summed E-state index contributed by atoms with van der Waals surface area (Å²) < 4.78 is 12.8. The third kappa shape index (κ3) is 3.08. The third-order valence-corrected chi connectivity index (χ3v) is 3.06. The molecule has 0 aliphatic rings. The van der Waals surface area contributed by atoms with Gasteiger partial charge in [0.25, 0.3) is 0 Å². The van der Waals surface area contributed by atoms with E-state index in [-0.39, 0.29) is 5.82 Å². The van der Waals surface area contributed by atoms with Gasteiger partial charge in [0.15, 0.2) is 0 Å². The van der Waals surface area contributed by atoms with Gasteiger partial charge >= 0.3 is 0 Å². The van der Waals surface area contributed by atoms with E-state index in [1.165, 1.54) is 12.1 Å². The Bertz CT molecular complexity index is 553. The second-order valence-electron chi connectivity index (χ2n) is 4.98. The van der Waals surface area contributed by atoms with Crippen molar-refractivity contribution in [2.75, 3.05) is 5.73 Å². The van der Waals surface area contributed by atoms with Crippen LogP contribution in [0.15, 0.2) is 24.3 Å². The number of hydrogen-bond acceptors (Lipinski definition) is 3. The normalized spacial score (nSPS) is 11.0. The smallest absolute Gasteiger partial charge is 0.135 e. The molecule has 1 aromatic carbocycles. The Balaban J connectivity index is 2.29. The molecule has 0 aliphatic carbocycles. The summed E-state index contributed by atoms with van der Waals surface area (Å²) in [5.41, 5.74) is 8.88. The zero-order chi connectivity index (χ0) is 14.0. The zero-order valence-electron chi connectivity index (χ0n) is 11.4. The Hall–Kier alpha value is -1.97. The number of rotatable bonds is 3. The monoisotopic (exact) mass is 259 g/mol. The van der Waals surface area contributed by atoms with Crippen LogP contribution >= 0.6 is 0 Å². The van der Waals surface area contributed by atoms with Crippen LogP contribution in [-0.2, 0) is 6.42 Å². The lowest BCUT2D eigenvalue weighted by molar-refractivity contribution is 0.627. The topological polar surface area (TPSA) is 51.8 Å². The Kier molecular flexibility index (Phi) is 3.79. The molecule has 19 heavy (non-hydrogen) atoms. The minimum atomic E-state index is -0.240. The minimum Gasteiger partial charge on any atom is -0.383 e. The van der Waals surface area contributed by atoms with Gasteiger partial charge in [-0.25, -0.2) is 14.4 Å². The van der Waals surface area contributed by atoms with Gasteiger partial charge in [0.05, 0.1) is 0 Å². The molecule has 0 fully saturated rings. The molecule has 0 atom stereocenters. The molecule has 2 rings (SSSR count). The Labute approximate surface area is 112 Å². The van der Waals surface area contributed by atoms with E-state index in [1.807, 2.05) is 6.92 Å². The van der Waals surface area contributed by atoms with Crippen LogP contribution in [0.1, 0.15) is 42.4 Å². The van der Waals surface area contributed by atoms with E-state index in [0.717, 1.165) is 16.8 Å². The predicted molar refractivity (Wildman–Crippen MR) is 74.5 cm³/mol. The number of nitrogen functional groups attached to an aromatic ring is 1. The molecular formula is C15H18FN3. The Morgan fingerprint density at radius 3 is 2.32 bits per heavy atom. The summed E-state index contributed by atoms with van der Waals surface area (Å²) in [7, 11) is 0. The summed E-state index contributed by atoms with van der Waals surface area (Å²) in [4.78, 5) is 8.83. The van der Waals surface area contributed by atoms with Crippen LogP contribution < -0.4 is 5.73 Å². The van der Waals surface area contributed by atoms with E-state index >= 15 is 0 Å². The second kappa shape index (κ2) is 5.34. The quantitative estimate of drug-likeness (QED) is 0.920. The summed E-state index contributed by atoms with van der Waals surface area (Å²) in [5, 5.41) is 0. The fourth-order valence-corrected chi connectivity index (χ4v) is 2.24. The lowest BCUT2D eigenvalue weighted by atomic mass is 10.0. The molecule has 0 amide bonds. The summed E-state index contributed by atoms with van der Waals surface area (Å²) in [6.45, 7) is 6.09. The first-order chi connectivity index (χ1) is 8.97. The number of anilines is 1. The Morgan fingerprint density at radius 2 is 1.79 bits per heavy atom. The second-order valence-corrected chi connectivity index (χ2v) is 4.98. The maximum Gasteiger partial charge on any atom is 0.135 e.